The number of nitrogens with zero attached hydrogens (tertiary/aromatic N) is 1. The summed E-state index contributed by atoms with van der Waals surface area (Å²) in [6.07, 6.45) is 1.41. The van der Waals surface area contributed by atoms with Crippen molar-refractivity contribution in [2.45, 2.75) is 19.8 Å². The van der Waals surface area contributed by atoms with Crippen molar-refractivity contribution in [3.63, 3.8) is 0 Å². The molecule has 1 aromatic carbocycles. The van der Waals surface area contributed by atoms with Crippen molar-refractivity contribution in [1.29, 1.82) is 0 Å². The van der Waals surface area contributed by atoms with Gasteiger partial charge in [0.2, 0.25) is 5.91 Å². The SMILES string of the molecule is CCNC(=O)C1CCN(C(=O)c2cc(N)ccc2Br)CC1. The Morgan fingerprint density at radius 2 is 2.05 bits per heavy atom. The number of nitrogens with two attached hydrogens (primary N) is 1. The summed E-state index contributed by atoms with van der Waals surface area (Å²) in [7, 11) is 0. The highest BCUT2D eigenvalue weighted by Crippen LogP contribution is 2.24. The van der Waals surface area contributed by atoms with Crippen LogP contribution in [-0.2, 0) is 4.79 Å². The van der Waals surface area contributed by atoms with Gasteiger partial charge in [-0.1, -0.05) is 0 Å². The molecule has 3 N–H and O–H groups in total. The first-order valence-corrected chi connectivity index (χ1v) is 7.94. The molecule has 0 unspecified atom stereocenters. The number of carbonyl (C=O) groups excluding carboxylic acids is 2. The fraction of sp³-hybridized carbons (Fsp3) is 0.467. The molecule has 0 aromatic heterocycles. The van der Waals surface area contributed by atoms with Crippen molar-refractivity contribution in [3.05, 3.63) is 28.2 Å². The Balaban J connectivity index is 2.00. The zero-order chi connectivity index (χ0) is 15.4. The number of hydrogen-bond acceptors (Lipinski definition) is 3. The minimum Gasteiger partial charge on any atom is -0.399 e. The fourth-order valence-corrected chi connectivity index (χ4v) is 2.96. The second-order valence-corrected chi connectivity index (χ2v) is 6.05. The highest BCUT2D eigenvalue weighted by Gasteiger charge is 2.28. The summed E-state index contributed by atoms with van der Waals surface area (Å²) in [5.41, 5.74) is 6.89. The first-order chi connectivity index (χ1) is 10.0. The Morgan fingerprint density at radius 3 is 2.67 bits per heavy atom. The smallest absolute Gasteiger partial charge is 0.255 e. The van der Waals surface area contributed by atoms with Crippen LogP contribution in [-0.4, -0.2) is 36.3 Å². The molecule has 5 nitrogen and oxygen atoms in total. The van der Waals surface area contributed by atoms with Gasteiger partial charge in [0, 0.05) is 35.7 Å². The van der Waals surface area contributed by atoms with E-state index in [1.165, 1.54) is 0 Å². The summed E-state index contributed by atoms with van der Waals surface area (Å²) in [4.78, 5) is 26.1. The first kappa shape index (κ1) is 15.8. The Bertz CT molecular complexity index is 540. The van der Waals surface area contributed by atoms with Crippen LogP contribution in [0.1, 0.15) is 30.1 Å². The van der Waals surface area contributed by atoms with Crippen LogP contribution in [0.3, 0.4) is 0 Å². The van der Waals surface area contributed by atoms with E-state index in [-0.39, 0.29) is 17.7 Å². The van der Waals surface area contributed by atoms with Crippen LogP contribution in [0.5, 0.6) is 0 Å². The van der Waals surface area contributed by atoms with E-state index in [9.17, 15) is 9.59 Å². The van der Waals surface area contributed by atoms with E-state index in [4.69, 9.17) is 5.73 Å². The zero-order valence-corrected chi connectivity index (χ0v) is 13.6. The molecule has 1 heterocycles. The summed E-state index contributed by atoms with van der Waals surface area (Å²) < 4.78 is 0.743. The van der Waals surface area contributed by atoms with Gasteiger partial charge in [-0.15, -0.1) is 0 Å². The van der Waals surface area contributed by atoms with Crippen molar-refractivity contribution < 1.29 is 9.59 Å². The largest absolute Gasteiger partial charge is 0.399 e. The molecule has 114 valence electrons. The van der Waals surface area contributed by atoms with Gasteiger partial charge >= 0.3 is 0 Å². The third-order valence-electron chi connectivity index (χ3n) is 3.72. The number of anilines is 1. The van der Waals surface area contributed by atoms with Gasteiger partial charge in [0.15, 0.2) is 0 Å². The Hall–Kier alpha value is -1.56. The van der Waals surface area contributed by atoms with Crippen LogP contribution in [0.2, 0.25) is 0 Å². The molecule has 0 atom stereocenters. The maximum absolute atomic E-state index is 12.5. The van der Waals surface area contributed by atoms with Crippen LogP contribution < -0.4 is 11.1 Å². The lowest BCUT2D eigenvalue weighted by Gasteiger charge is -2.31. The molecule has 21 heavy (non-hydrogen) atoms. The van der Waals surface area contributed by atoms with Gasteiger partial charge in [0.25, 0.3) is 5.91 Å². The van der Waals surface area contributed by atoms with E-state index in [1.807, 2.05) is 6.92 Å². The molecule has 1 aliphatic rings. The molecule has 0 aliphatic carbocycles. The second-order valence-electron chi connectivity index (χ2n) is 5.20. The van der Waals surface area contributed by atoms with Crippen molar-refractivity contribution in [1.82, 2.24) is 10.2 Å². The molecule has 0 saturated carbocycles. The van der Waals surface area contributed by atoms with Crippen LogP contribution in [0.15, 0.2) is 22.7 Å². The lowest BCUT2D eigenvalue weighted by Crippen LogP contribution is -2.43. The van der Waals surface area contributed by atoms with Crippen molar-refractivity contribution >= 4 is 33.4 Å². The van der Waals surface area contributed by atoms with E-state index < -0.39 is 0 Å². The number of amides is 2. The molecule has 1 saturated heterocycles. The van der Waals surface area contributed by atoms with Gasteiger partial charge in [0.1, 0.15) is 0 Å². The maximum atomic E-state index is 12.5. The summed E-state index contributed by atoms with van der Waals surface area (Å²) in [6.45, 7) is 3.76. The number of halogens is 1. The van der Waals surface area contributed by atoms with E-state index in [0.29, 0.717) is 43.7 Å². The van der Waals surface area contributed by atoms with E-state index in [0.717, 1.165) is 4.47 Å². The summed E-state index contributed by atoms with van der Waals surface area (Å²) in [5, 5.41) is 2.84. The van der Waals surface area contributed by atoms with E-state index in [2.05, 4.69) is 21.2 Å². The normalized spacial score (nSPS) is 15.8. The van der Waals surface area contributed by atoms with Crippen LogP contribution >= 0.6 is 15.9 Å². The Morgan fingerprint density at radius 1 is 1.38 bits per heavy atom. The third kappa shape index (κ3) is 3.75. The van der Waals surface area contributed by atoms with Crippen molar-refractivity contribution in [2.75, 3.05) is 25.4 Å². The van der Waals surface area contributed by atoms with E-state index >= 15 is 0 Å². The number of nitrogens with one attached hydrogen (secondary N) is 1. The topological polar surface area (TPSA) is 75.4 Å². The van der Waals surface area contributed by atoms with Gasteiger partial charge in [0.05, 0.1) is 5.56 Å². The third-order valence-corrected chi connectivity index (χ3v) is 4.42. The fourth-order valence-electron chi connectivity index (χ4n) is 2.54. The quantitative estimate of drug-likeness (QED) is 0.816. The van der Waals surface area contributed by atoms with Crippen LogP contribution in [0.25, 0.3) is 0 Å². The summed E-state index contributed by atoms with van der Waals surface area (Å²) >= 11 is 3.39. The monoisotopic (exact) mass is 353 g/mol. The van der Waals surface area contributed by atoms with Crippen LogP contribution in [0.4, 0.5) is 5.69 Å². The van der Waals surface area contributed by atoms with Gasteiger partial charge < -0.3 is 16.0 Å². The molecule has 0 spiro atoms. The number of benzene rings is 1. The highest BCUT2D eigenvalue weighted by molar-refractivity contribution is 9.10. The Labute approximate surface area is 133 Å². The van der Waals surface area contributed by atoms with Gasteiger partial charge in [-0.2, -0.15) is 0 Å². The molecule has 1 aliphatic heterocycles. The molecule has 0 radical (unpaired) electrons. The number of likely N-dealkylation sites (tertiary alicyclic amines) is 1. The molecule has 0 bridgehead atoms. The number of hydrogen-bond donors (Lipinski definition) is 2. The molecular weight excluding hydrogens is 334 g/mol. The van der Waals surface area contributed by atoms with Gasteiger partial charge in [-0.05, 0) is 53.9 Å². The minimum atomic E-state index is -0.0384. The standard InChI is InChI=1S/C15H20BrN3O2/c1-2-18-14(20)10-5-7-19(8-6-10)15(21)12-9-11(17)3-4-13(12)16/h3-4,9-10H,2,5-8,17H2,1H3,(H,18,20). The summed E-state index contributed by atoms with van der Waals surface area (Å²) in [5.74, 6) is 0.0662. The number of nitrogen functional groups attached to an aromatic ring is 1. The summed E-state index contributed by atoms with van der Waals surface area (Å²) in [6, 6.07) is 5.22. The number of rotatable bonds is 3. The molecular formula is C15H20BrN3O2. The zero-order valence-electron chi connectivity index (χ0n) is 12.1. The number of carbonyl (C=O) groups is 2. The molecule has 2 rings (SSSR count). The molecule has 1 aromatic rings. The Kier molecular flexibility index (Phi) is 5.22. The maximum Gasteiger partial charge on any atom is 0.255 e. The number of piperidine rings is 1. The van der Waals surface area contributed by atoms with E-state index in [1.54, 1.807) is 23.1 Å². The molecule has 2 amide bonds. The molecule has 6 heteroatoms. The van der Waals surface area contributed by atoms with Crippen molar-refractivity contribution in [2.24, 2.45) is 5.92 Å². The average Bonchev–Trinajstić information content (AvgIpc) is 2.49. The van der Waals surface area contributed by atoms with Gasteiger partial charge in [-0.3, -0.25) is 9.59 Å². The predicted octanol–water partition coefficient (Wildman–Crippen LogP) is 2.02. The lowest BCUT2D eigenvalue weighted by atomic mass is 9.95. The minimum absolute atomic E-state index is 0.0123. The van der Waals surface area contributed by atoms with Gasteiger partial charge in [-0.25, -0.2) is 0 Å². The first-order valence-electron chi connectivity index (χ1n) is 7.15. The second kappa shape index (κ2) is 6.93. The van der Waals surface area contributed by atoms with Crippen molar-refractivity contribution in [3.8, 4) is 0 Å². The van der Waals surface area contributed by atoms with Crippen LogP contribution in [0, 0.1) is 5.92 Å². The average molecular weight is 354 g/mol. The highest BCUT2D eigenvalue weighted by atomic mass is 79.9. The molecule has 1 fully saturated rings. The predicted molar refractivity (Wildman–Crippen MR) is 85.9 cm³/mol. The lowest BCUT2D eigenvalue weighted by molar-refractivity contribution is -0.126.